The second kappa shape index (κ2) is 13.0. The highest BCUT2D eigenvalue weighted by Crippen LogP contribution is 2.18. The lowest BCUT2D eigenvalue weighted by Crippen LogP contribution is -2.24. The SMILES string of the molecule is CCCCOc1ccc(OCC(=O)NN=Cc2cccc(OC(=O)c3ccc(Cl)cc3)c2)cc1. The molecule has 0 aliphatic carbocycles. The predicted molar refractivity (Wildman–Crippen MR) is 131 cm³/mol. The van der Waals surface area contributed by atoms with Crippen molar-refractivity contribution in [2.45, 2.75) is 19.8 Å². The van der Waals surface area contributed by atoms with Gasteiger partial charge in [-0.25, -0.2) is 10.2 Å². The van der Waals surface area contributed by atoms with Crippen molar-refractivity contribution >= 4 is 29.7 Å². The van der Waals surface area contributed by atoms with Crippen molar-refractivity contribution in [3.8, 4) is 17.2 Å². The smallest absolute Gasteiger partial charge is 0.343 e. The van der Waals surface area contributed by atoms with Crippen LogP contribution in [0.5, 0.6) is 17.2 Å². The Kier molecular flexibility index (Phi) is 9.49. The standard InChI is InChI=1S/C26H25ClN2O5/c1-2-3-15-32-22-11-13-23(14-12-22)33-18-25(30)29-28-17-19-5-4-6-24(16-19)34-26(31)20-7-9-21(27)10-8-20/h4-14,16-17H,2-3,15,18H2,1H3,(H,29,30). The van der Waals surface area contributed by atoms with E-state index >= 15 is 0 Å². The van der Waals surface area contributed by atoms with Crippen LogP contribution >= 0.6 is 11.6 Å². The number of carbonyl (C=O) groups is 2. The summed E-state index contributed by atoms with van der Waals surface area (Å²) in [6.07, 6.45) is 3.51. The van der Waals surface area contributed by atoms with Gasteiger partial charge in [0.15, 0.2) is 6.61 Å². The molecule has 0 bridgehead atoms. The highest BCUT2D eigenvalue weighted by atomic mass is 35.5. The number of esters is 1. The van der Waals surface area contributed by atoms with Crippen LogP contribution in [-0.4, -0.2) is 31.3 Å². The molecule has 0 aliphatic heterocycles. The van der Waals surface area contributed by atoms with Crippen LogP contribution in [0, 0.1) is 0 Å². The average molecular weight is 481 g/mol. The fraction of sp³-hybridized carbons (Fsp3) is 0.192. The first kappa shape index (κ1) is 24.8. The molecule has 3 aromatic carbocycles. The number of rotatable bonds is 11. The zero-order valence-corrected chi connectivity index (χ0v) is 19.5. The maximum Gasteiger partial charge on any atom is 0.343 e. The molecule has 0 aliphatic rings. The summed E-state index contributed by atoms with van der Waals surface area (Å²) in [5.74, 6) is 0.746. The Hall–Kier alpha value is -3.84. The Morgan fingerprint density at radius 2 is 1.65 bits per heavy atom. The van der Waals surface area contributed by atoms with E-state index in [0.717, 1.165) is 18.6 Å². The molecule has 7 nitrogen and oxygen atoms in total. The number of ether oxygens (including phenoxy) is 3. The molecule has 3 rings (SSSR count). The third-order valence-corrected chi connectivity index (χ3v) is 4.76. The fourth-order valence-electron chi connectivity index (χ4n) is 2.74. The van der Waals surface area contributed by atoms with Gasteiger partial charge in [-0.2, -0.15) is 5.10 Å². The molecule has 8 heteroatoms. The van der Waals surface area contributed by atoms with E-state index in [-0.39, 0.29) is 6.61 Å². The zero-order chi connectivity index (χ0) is 24.2. The Labute approximate surface area is 203 Å². The first-order valence-corrected chi connectivity index (χ1v) is 11.2. The van der Waals surface area contributed by atoms with Crippen molar-refractivity contribution in [1.82, 2.24) is 5.43 Å². The van der Waals surface area contributed by atoms with E-state index in [9.17, 15) is 9.59 Å². The van der Waals surface area contributed by atoms with Crippen molar-refractivity contribution in [2.75, 3.05) is 13.2 Å². The molecular formula is C26H25ClN2O5. The van der Waals surface area contributed by atoms with Crippen LogP contribution in [0.25, 0.3) is 0 Å². The second-order valence-corrected chi connectivity index (χ2v) is 7.66. The lowest BCUT2D eigenvalue weighted by atomic mass is 10.2. The highest BCUT2D eigenvalue weighted by Gasteiger charge is 2.08. The van der Waals surface area contributed by atoms with Gasteiger partial charge in [-0.3, -0.25) is 4.79 Å². The highest BCUT2D eigenvalue weighted by molar-refractivity contribution is 6.30. The summed E-state index contributed by atoms with van der Waals surface area (Å²) in [5.41, 5.74) is 3.42. The van der Waals surface area contributed by atoms with Crippen LogP contribution in [0.3, 0.4) is 0 Å². The molecule has 0 radical (unpaired) electrons. The lowest BCUT2D eigenvalue weighted by Gasteiger charge is -2.08. The Morgan fingerprint density at radius 1 is 0.941 bits per heavy atom. The second-order valence-electron chi connectivity index (χ2n) is 7.22. The third-order valence-electron chi connectivity index (χ3n) is 4.51. The summed E-state index contributed by atoms with van der Waals surface area (Å²) < 4.78 is 16.4. The quantitative estimate of drug-likeness (QED) is 0.133. The van der Waals surface area contributed by atoms with Crippen molar-refractivity contribution in [3.05, 3.63) is 88.9 Å². The molecule has 0 unspecified atom stereocenters. The van der Waals surface area contributed by atoms with E-state index in [1.54, 1.807) is 72.8 Å². The monoisotopic (exact) mass is 480 g/mol. The lowest BCUT2D eigenvalue weighted by molar-refractivity contribution is -0.123. The van der Waals surface area contributed by atoms with E-state index in [1.807, 2.05) is 0 Å². The van der Waals surface area contributed by atoms with E-state index < -0.39 is 11.9 Å². The molecule has 0 heterocycles. The molecule has 176 valence electrons. The third kappa shape index (κ3) is 8.26. The fourth-order valence-corrected chi connectivity index (χ4v) is 2.86. The number of hydrazone groups is 1. The Balaban J connectivity index is 1.44. The maximum atomic E-state index is 12.2. The van der Waals surface area contributed by atoms with Gasteiger partial charge in [0.1, 0.15) is 17.2 Å². The zero-order valence-electron chi connectivity index (χ0n) is 18.7. The van der Waals surface area contributed by atoms with Gasteiger partial charge in [0, 0.05) is 5.02 Å². The number of amides is 1. The van der Waals surface area contributed by atoms with Gasteiger partial charge in [-0.15, -0.1) is 0 Å². The molecule has 1 N–H and O–H groups in total. The molecule has 0 atom stereocenters. The molecule has 0 aromatic heterocycles. The molecule has 0 fully saturated rings. The number of carbonyl (C=O) groups excluding carboxylic acids is 2. The number of hydrogen-bond donors (Lipinski definition) is 1. The van der Waals surface area contributed by atoms with Crippen LogP contribution in [0.1, 0.15) is 35.7 Å². The van der Waals surface area contributed by atoms with Crippen LogP contribution in [0.2, 0.25) is 5.02 Å². The number of unbranched alkanes of at least 4 members (excludes halogenated alkanes) is 1. The summed E-state index contributed by atoms with van der Waals surface area (Å²) in [6, 6.07) is 20.2. The van der Waals surface area contributed by atoms with Gasteiger partial charge in [0.25, 0.3) is 5.91 Å². The first-order chi connectivity index (χ1) is 16.5. The van der Waals surface area contributed by atoms with Gasteiger partial charge in [0.05, 0.1) is 18.4 Å². The predicted octanol–water partition coefficient (Wildman–Crippen LogP) is 5.27. The van der Waals surface area contributed by atoms with Gasteiger partial charge >= 0.3 is 5.97 Å². The van der Waals surface area contributed by atoms with Crippen molar-refractivity contribution in [1.29, 1.82) is 0 Å². The molecule has 0 saturated heterocycles. The van der Waals surface area contributed by atoms with Crippen molar-refractivity contribution in [3.63, 3.8) is 0 Å². The molecular weight excluding hydrogens is 456 g/mol. The van der Waals surface area contributed by atoms with E-state index in [4.69, 9.17) is 25.8 Å². The Bertz CT molecular complexity index is 1110. The summed E-state index contributed by atoms with van der Waals surface area (Å²) >= 11 is 5.84. The minimum Gasteiger partial charge on any atom is -0.494 e. The molecule has 1 amide bonds. The van der Waals surface area contributed by atoms with Crippen LogP contribution in [-0.2, 0) is 4.79 Å². The molecule has 3 aromatic rings. The first-order valence-electron chi connectivity index (χ1n) is 10.8. The van der Waals surface area contributed by atoms with Crippen LogP contribution in [0.4, 0.5) is 0 Å². The Morgan fingerprint density at radius 3 is 2.35 bits per heavy atom. The minimum absolute atomic E-state index is 0.188. The largest absolute Gasteiger partial charge is 0.494 e. The average Bonchev–Trinajstić information content (AvgIpc) is 2.84. The number of nitrogens with zero attached hydrogens (tertiary/aromatic N) is 1. The van der Waals surface area contributed by atoms with Crippen molar-refractivity contribution < 1.29 is 23.8 Å². The molecule has 34 heavy (non-hydrogen) atoms. The topological polar surface area (TPSA) is 86.2 Å². The molecule has 0 spiro atoms. The van der Waals surface area contributed by atoms with E-state index in [1.165, 1.54) is 6.21 Å². The number of benzene rings is 3. The van der Waals surface area contributed by atoms with Gasteiger partial charge < -0.3 is 14.2 Å². The van der Waals surface area contributed by atoms with Crippen molar-refractivity contribution in [2.24, 2.45) is 5.10 Å². The van der Waals surface area contributed by atoms with Gasteiger partial charge in [0.2, 0.25) is 0 Å². The van der Waals surface area contributed by atoms with E-state index in [0.29, 0.717) is 34.3 Å². The minimum atomic E-state index is -0.503. The molecule has 0 saturated carbocycles. The maximum absolute atomic E-state index is 12.2. The summed E-state index contributed by atoms with van der Waals surface area (Å²) in [7, 11) is 0. The van der Waals surface area contributed by atoms with Gasteiger partial charge in [-0.1, -0.05) is 37.1 Å². The van der Waals surface area contributed by atoms with Crippen LogP contribution in [0.15, 0.2) is 77.9 Å². The van der Waals surface area contributed by atoms with Gasteiger partial charge in [-0.05, 0) is 72.6 Å². The summed E-state index contributed by atoms with van der Waals surface area (Å²) in [5, 5.41) is 4.45. The number of nitrogens with one attached hydrogen (secondary N) is 1. The number of halogens is 1. The summed E-state index contributed by atoms with van der Waals surface area (Å²) in [6.45, 7) is 2.59. The normalized spacial score (nSPS) is 10.6. The number of hydrogen-bond acceptors (Lipinski definition) is 6. The summed E-state index contributed by atoms with van der Waals surface area (Å²) in [4.78, 5) is 24.2. The van der Waals surface area contributed by atoms with Crippen LogP contribution < -0.4 is 19.6 Å². The van der Waals surface area contributed by atoms with E-state index in [2.05, 4.69) is 17.5 Å².